The van der Waals surface area contributed by atoms with Crippen LogP contribution in [0.15, 0.2) is 47.2 Å². The smallest absolute Gasteiger partial charge is 0.343 e. The second kappa shape index (κ2) is 5.08. The number of esters is 1. The molecule has 1 aliphatic rings. The quantitative estimate of drug-likeness (QED) is 0.724. The van der Waals surface area contributed by atoms with Gasteiger partial charge in [0.2, 0.25) is 0 Å². The molecule has 0 aliphatic carbocycles. The Labute approximate surface area is 98.9 Å². The fourth-order valence-corrected chi connectivity index (χ4v) is 1.45. The molecule has 0 amide bonds. The van der Waals surface area contributed by atoms with Crippen molar-refractivity contribution in [3.05, 3.63) is 47.7 Å². The summed E-state index contributed by atoms with van der Waals surface area (Å²) in [5.41, 5.74) is 0.465. The van der Waals surface area contributed by atoms with Gasteiger partial charge in [0, 0.05) is 6.21 Å². The molecule has 0 N–H and O–H groups in total. The first-order chi connectivity index (χ1) is 8.31. The van der Waals surface area contributed by atoms with E-state index in [9.17, 15) is 4.79 Å². The first-order valence-electron chi connectivity index (χ1n) is 5.18. The average Bonchev–Trinajstić information content (AvgIpc) is 2.40. The number of hydrogen-bond acceptors (Lipinski definition) is 4. The van der Waals surface area contributed by atoms with Crippen molar-refractivity contribution < 1.29 is 9.53 Å². The maximum atomic E-state index is 11.8. The molecule has 0 saturated heterocycles. The van der Waals surface area contributed by atoms with Gasteiger partial charge in [-0.15, -0.1) is 0 Å². The van der Waals surface area contributed by atoms with Crippen molar-refractivity contribution in [2.75, 3.05) is 6.54 Å². The molecule has 1 heterocycles. The topological polar surface area (TPSA) is 62.4 Å². The lowest BCUT2D eigenvalue weighted by atomic mass is 10.1. The van der Waals surface area contributed by atoms with E-state index >= 15 is 0 Å². The number of benzene rings is 1. The van der Waals surface area contributed by atoms with Crippen molar-refractivity contribution in [1.29, 1.82) is 5.26 Å². The Hall–Kier alpha value is -2.41. The molecule has 4 nitrogen and oxygen atoms in total. The highest BCUT2D eigenvalue weighted by Gasteiger charge is 2.20. The Kier molecular flexibility index (Phi) is 3.31. The van der Waals surface area contributed by atoms with Gasteiger partial charge in [-0.25, -0.2) is 4.79 Å². The number of aliphatic imine (C=N–C) groups is 1. The van der Waals surface area contributed by atoms with Gasteiger partial charge < -0.3 is 4.74 Å². The highest BCUT2D eigenvalue weighted by atomic mass is 16.5. The zero-order valence-corrected chi connectivity index (χ0v) is 9.04. The maximum Gasteiger partial charge on any atom is 0.343 e. The van der Waals surface area contributed by atoms with Crippen LogP contribution in [0.2, 0.25) is 0 Å². The number of hydrogen-bond donors (Lipinski definition) is 0. The number of dihydropyridines is 1. The molecule has 0 saturated carbocycles. The molecule has 17 heavy (non-hydrogen) atoms. The number of carbonyl (C=O) groups is 1. The van der Waals surface area contributed by atoms with E-state index in [1.807, 2.05) is 6.07 Å². The van der Waals surface area contributed by atoms with E-state index in [0.717, 1.165) is 0 Å². The summed E-state index contributed by atoms with van der Waals surface area (Å²) in [6.07, 6.45) is 3.10. The Morgan fingerprint density at radius 1 is 1.41 bits per heavy atom. The van der Waals surface area contributed by atoms with Gasteiger partial charge in [0.1, 0.15) is 11.7 Å². The molecule has 1 aromatic rings. The van der Waals surface area contributed by atoms with Gasteiger partial charge in [-0.3, -0.25) is 4.99 Å². The monoisotopic (exact) mass is 226 g/mol. The maximum absolute atomic E-state index is 11.8. The van der Waals surface area contributed by atoms with Gasteiger partial charge in [-0.05, 0) is 18.2 Å². The Morgan fingerprint density at radius 3 is 2.88 bits per heavy atom. The number of nitriles is 1. The summed E-state index contributed by atoms with van der Waals surface area (Å²) in [7, 11) is 0. The lowest BCUT2D eigenvalue weighted by Gasteiger charge is -2.14. The molecule has 0 bridgehead atoms. The molecule has 1 unspecified atom stereocenters. The summed E-state index contributed by atoms with van der Waals surface area (Å²) in [6, 6.07) is 10.7. The van der Waals surface area contributed by atoms with Gasteiger partial charge in [-0.2, -0.15) is 5.26 Å². The van der Waals surface area contributed by atoms with Crippen LogP contribution in [-0.2, 0) is 4.74 Å². The second-order valence-electron chi connectivity index (χ2n) is 3.52. The fraction of sp³-hybridized carbons (Fsp3) is 0.154. The molecule has 0 radical (unpaired) electrons. The van der Waals surface area contributed by atoms with Crippen LogP contribution >= 0.6 is 0 Å². The molecule has 1 aliphatic heterocycles. The standard InChI is InChI=1S/C13H10N2O2/c14-8-11-9-15-7-6-12(11)17-13(16)10-4-2-1-3-5-10/h1-7,11H,9H2. The highest BCUT2D eigenvalue weighted by molar-refractivity contribution is 5.90. The zero-order chi connectivity index (χ0) is 12.1. The van der Waals surface area contributed by atoms with Crippen molar-refractivity contribution in [3.63, 3.8) is 0 Å². The van der Waals surface area contributed by atoms with E-state index in [1.54, 1.807) is 36.6 Å². The van der Waals surface area contributed by atoms with Crippen LogP contribution in [-0.4, -0.2) is 18.7 Å². The van der Waals surface area contributed by atoms with E-state index in [1.165, 1.54) is 0 Å². The first-order valence-corrected chi connectivity index (χ1v) is 5.18. The van der Waals surface area contributed by atoms with Crippen molar-refractivity contribution in [3.8, 4) is 6.07 Å². The lowest BCUT2D eigenvalue weighted by molar-refractivity contribution is 0.0601. The summed E-state index contributed by atoms with van der Waals surface area (Å²) < 4.78 is 5.19. The van der Waals surface area contributed by atoms with Crippen LogP contribution < -0.4 is 0 Å². The molecule has 1 atom stereocenters. The van der Waals surface area contributed by atoms with Crippen LogP contribution in [0, 0.1) is 17.2 Å². The Bertz CT molecular complexity index is 512. The normalized spacial score (nSPS) is 18.1. The van der Waals surface area contributed by atoms with Gasteiger partial charge >= 0.3 is 5.97 Å². The van der Waals surface area contributed by atoms with Crippen LogP contribution in [0.4, 0.5) is 0 Å². The van der Waals surface area contributed by atoms with Crippen molar-refractivity contribution in [2.45, 2.75) is 0 Å². The Balaban J connectivity index is 2.12. The van der Waals surface area contributed by atoms with E-state index in [2.05, 4.69) is 11.1 Å². The molecule has 1 aromatic carbocycles. The summed E-state index contributed by atoms with van der Waals surface area (Å²) in [4.78, 5) is 15.7. The second-order valence-corrected chi connectivity index (χ2v) is 3.52. The summed E-state index contributed by atoms with van der Waals surface area (Å²) >= 11 is 0. The summed E-state index contributed by atoms with van der Waals surface area (Å²) in [6.45, 7) is 0.338. The molecule has 0 spiro atoms. The Morgan fingerprint density at radius 2 is 2.18 bits per heavy atom. The molecule has 84 valence electrons. The average molecular weight is 226 g/mol. The van der Waals surface area contributed by atoms with E-state index in [-0.39, 0.29) is 0 Å². The van der Waals surface area contributed by atoms with Crippen molar-refractivity contribution >= 4 is 12.2 Å². The van der Waals surface area contributed by atoms with E-state index in [0.29, 0.717) is 17.9 Å². The highest BCUT2D eigenvalue weighted by Crippen LogP contribution is 2.17. The van der Waals surface area contributed by atoms with Gasteiger partial charge in [0.15, 0.2) is 0 Å². The van der Waals surface area contributed by atoms with E-state index < -0.39 is 11.9 Å². The van der Waals surface area contributed by atoms with Gasteiger partial charge in [0.25, 0.3) is 0 Å². The SMILES string of the molecule is N#CC1CN=CC=C1OC(=O)c1ccccc1. The number of nitrogens with zero attached hydrogens (tertiary/aromatic N) is 2. The van der Waals surface area contributed by atoms with Crippen LogP contribution in [0.3, 0.4) is 0 Å². The molecule has 0 aromatic heterocycles. The van der Waals surface area contributed by atoms with Gasteiger partial charge in [-0.1, -0.05) is 18.2 Å². The minimum Gasteiger partial charge on any atom is -0.426 e. The number of carbonyl (C=O) groups excluding carboxylic acids is 1. The minimum absolute atomic E-state index is 0.338. The predicted molar refractivity (Wildman–Crippen MR) is 62.4 cm³/mol. The molecular weight excluding hydrogens is 216 g/mol. The first kappa shape index (κ1) is 11.1. The minimum atomic E-state index is -0.479. The van der Waals surface area contributed by atoms with Crippen molar-refractivity contribution in [2.24, 2.45) is 10.9 Å². The van der Waals surface area contributed by atoms with Crippen LogP contribution in [0.25, 0.3) is 0 Å². The summed E-state index contributed by atoms with van der Waals surface area (Å²) in [5.74, 6) is -0.573. The third-order valence-electron chi connectivity index (χ3n) is 2.35. The lowest BCUT2D eigenvalue weighted by Crippen LogP contribution is -2.16. The largest absolute Gasteiger partial charge is 0.426 e. The number of ether oxygens (including phenoxy) is 1. The van der Waals surface area contributed by atoms with Crippen LogP contribution in [0.5, 0.6) is 0 Å². The van der Waals surface area contributed by atoms with E-state index in [4.69, 9.17) is 10.00 Å². The zero-order valence-electron chi connectivity index (χ0n) is 9.04. The summed E-state index contributed by atoms with van der Waals surface area (Å²) in [5, 5.41) is 8.89. The van der Waals surface area contributed by atoms with Gasteiger partial charge in [0.05, 0.1) is 18.2 Å². The molecule has 4 heteroatoms. The fourth-order valence-electron chi connectivity index (χ4n) is 1.45. The predicted octanol–water partition coefficient (Wildman–Crippen LogP) is 1.95. The number of allylic oxidation sites excluding steroid dienone is 1. The third-order valence-corrected chi connectivity index (χ3v) is 2.35. The van der Waals surface area contributed by atoms with Crippen LogP contribution in [0.1, 0.15) is 10.4 Å². The molecular formula is C13H10N2O2. The molecule has 2 rings (SSSR count). The molecule has 0 fully saturated rings. The number of rotatable bonds is 2. The third kappa shape index (κ3) is 2.58. The van der Waals surface area contributed by atoms with Crippen molar-refractivity contribution in [1.82, 2.24) is 0 Å².